The summed E-state index contributed by atoms with van der Waals surface area (Å²) in [6.45, 7) is 22.0. The van der Waals surface area contributed by atoms with Crippen molar-refractivity contribution in [2.24, 2.45) is 0 Å². The lowest BCUT2D eigenvalue weighted by Gasteiger charge is -2.50. The van der Waals surface area contributed by atoms with Gasteiger partial charge in [0.1, 0.15) is 24.1 Å². The molecule has 275 valence electrons. The molecule has 0 radical (unpaired) electrons. The molecule has 1 aromatic carbocycles. The van der Waals surface area contributed by atoms with Gasteiger partial charge in [-0.1, -0.05) is 55.5 Å². The van der Waals surface area contributed by atoms with Gasteiger partial charge in [0.25, 0.3) is 5.91 Å². The molecule has 51 heavy (non-hydrogen) atoms. The molecule has 1 atom stereocenters. The highest BCUT2D eigenvalue weighted by Crippen LogP contribution is 2.46. The zero-order valence-corrected chi connectivity index (χ0v) is 33.4. The number of rotatable bonds is 6. The number of likely N-dealkylation sites (tertiary alicyclic amines) is 2. The average molecular weight is 731 g/mol. The minimum absolute atomic E-state index is 0.0754. The highest BCUT2D eigenvalue weighted by atomic mass is 32.2. The number of hydrogen-bond acceptors (Lipinski definition) is 9. The van der Waals surface area contributed by atoms with Crippen LogP contribution in [0.1, 0.15) is 96.9 Å². The molecule has 0 spiro atoms. The Morgan fingerprint density at radius 3 is 2.24 bits per heavy atom. The van der Waals surface area contributed by atoms with E-state index in [1.807, 2.05) is 16.7 Å². The molecule has 6 rings (SSSR count). The van der Waals surface area contributed by atoms with Crippen molar-refractivity contribution in [3.8, 4) is 29.1 Å². The molecular weight excluding hydrogens is 677 g/mol. The van der Waals surface area contributed by atoms with Gasteiger partial charge in [-0.05, 0) is 69.3 Å². The predicted molar refractivity (Wildman–Crippen MR) is 207 cm³/mol. The molecule has 1 unspecified atom stereocenters. The van der Waals surface area contributed by atoms with Gasteiger partial charge in [-0.3, -0.25) is 15.2 Å². The van der Waals surface area contributed by atoms with E-state index < -0.39 is 24.0 Å². The molecule has 3 fully saturated rings. The lowest BCUT2D eigenvalue weighted by Crippen LogP contribution is -2.61. The summed E-state index contributed by atoms with van der Waals surface area (Å²) in [7, 11) is -5.10. The first-order valence-corrected chi connectivity index (χ1v) is 22.7. The zero-order chi connectivity index (χ0) is 36.7. The van der Waals surface area contributed by atoms with E-state index in [9.17, 15) is 13.2 Å². The van der Waals surface area contributed by atoms with E-state index in [1.165, 1.54) is 5.56 Å². The summed E-state index contributed by atoms with van der Waals surface area (Å²) in [5, 5.41) is 3.65. The van der Waals surface area contributed by atoms with E-state index >= 15 is 0 Å². The summed E-state index contributed by atoms with van der Waals surface area (Å²) < 4.78 is 31.4. The summed E-state index contributed by atoms with van der Waals surface area (Å²) in [5.74, 6) is 11.7. The van der Waals surface area contributed by atoms with Crippen LogP contribution >= 0.6 is 0 Å². The highest BCUT2D eigenvalue weighted by molar-refractivity contribution is 7.91. The minimum atomic E-state index is -3.05. The van der Waals surface area contributed by atoms with E-state index in [4.69, 9.17) is 9.72 Å². The largest absolute Gasteiger partial charge is 0.482 e. The maximum absolute atomic E-state index is 12.2. The monoisotopic (exact) mass is 730 g/mol. The summed E-state index contributed by atoms with van der Waals surface area (Å²) in [4.78, 5) is 28.0. The number of fused-ring (bicyclic) bond motifs is 2. The lowest BCUT2D eigenvalue weighted by atomic mass is 9.87. The normalized spacial score (nSPS) is 21.0. The van der Waals surface area contributed by atoms with Crippen molar-refractivity contribution in [3.05, 3.63) is 35.2 Å². The Hall–Kier alpha value is -3.58. The van der Waals surface area contributed by atoms with Crippen molar-refractivity contribution in [1.29, 1.82) is 0 Å². The molecule has 4 aliphatic heterocycles. The minimum Gasteiger partial charge on any atom is -0.482 e. The first-order chi connectivity index (χ1) is 24.2. The van der Waals surface area contributed by atoms with Gasteiger partial charge in [0.05, 0.1) is 28.3 Å². The van der Waals surface area contributed by atoms with Crippen molar-refractivity contribution < 1.29 is 17.9 Å². The predicted octanol–water partition coefficient (Wildman–Crippen LogP) is 5.89. The molecular formula is C39H54N6O4SSi-. The molecule has 5 heterocycles. The van der Waals surface area contributed by atoms with Crippen LogP contribution in [0.5, 0.6) is 5.75 Å². The highest BCUT2D eigenvalue weighted by Gasteiger charge is 2.37. The molecule has 0 aliphatic carbocycles. The second kappa shape index (κ2) is 14.8. The second-order valence-corrected chi connectivity index (χ2v) is 23.5. The molecule has 0 saturated carbocycles. The molecule has 12 heteroatoms. The number of amides is 1. The SMILES string of the molecule is CC#CC(=O)N1CC(N2CCC(c3cc(C#C[Si-](C(C)C)(C(C)C)C(C)C)c4c(c3)Nc3ncnc(N5CCS(=O)(=O)CC5)c3C(C)O4)CC2)C1. The molecule has 2 aromatic rings. The third-order valence-corrected chi connectivity index (χ3v) is 19.7. The number of carbonyl (C=O) groups excluding carboxylic acids is 1. The Bertz CT molecular complexity index is 1840. The van der Waals surface area contributed by atoms with Crippen LogP contribution in [-0.4, -0.2) is 99.0 Å². The van der Waals surface area contributed by atoms with Crippen LogP contribution in [0.15, 0.2) is 18.5 Å². The smallest absolute Gasteiger partial charge is 0.298 e. The third kappa shape index (κ3) is 7.38. The Kier molecular flexibility index (Phi) is 10.8. The van der Waals surface area contributed by atoms with E-state index in [-0.39, 0.29) is 17.4 Å². The second-order valence-electron chi connectivity index (χ2n) is 15.6. The van der Waals surface area contributed by atoms with E-state index in [1.54, 1.807) is 13.3 Å². The van der Waals surface area contributed by atoms with Crippen molar-refractivity contribution in [1.82, 2.24) is 19.8 Å². The lowest BCUT2D eigenvalue weighted by molar-refractivity contribution is -0.132. The topological polar surface area (TPSA) is 108 Å². The van der Waals surface area contributed by atoms with Crippen LogP contribution in [0.25, 0.3) is 0 Å². The van der Waals surface area contributed by atoms with Gasteiger partial charge in [-0.2, -0.15) is 0 Å². The fourth-order valence-electron chi connectivity index (χ4n) is 8.84. The quantitative estimate of drug-likeness (QED) is 0.288. The van der Waals surface area contributed by atoms with Crippen molar-refractivity contribution in [2.45, 2.75) is 103 Å². The number of nitrogens with one attached hydrogen (secondary N) is 1. The number of sulfone groups is 1. The Balaban J connectivity index is 1.34. The number of piperidine rings is 1. The number of anilines is 3. The van der Waals surface area contributed by atoms with Crippen molar-refractivity contribution >= 4 is 41.1 Å². The molecule has 0 bridgehead atoms. The van der Waals surface area contributed by atoms with Gasteiger partial charge in [-0.25, -0.2) is 18.4 Å². The van der Waals surface area contributed by atoms with Gasteiger partial charge >= 0.3 is 0 Å². The summed E-state index contributed by atoms with van der Waals surface area (Å²) in [6.07, 6.45) is 3.20. The van der Waals surface area contributed by atoms with E-state index in [0.29, 0.717) is 53.3 Å². The van der Waals surface area contributed by atoms with Crippen molar-refractivity contribution in [3.63, 3.8) is 0 Å². The van der Waals surface area contributed by atoms with Gasteiger partial charge in [0, 0.05) is 32.2 Å². The van der Waals surface area contributed by atoms with Crippen LogP contribution in [0.3, 0.4) is 0 Å². The fraction of sp³-hybridized carbons (Fsp3) is 0.615. The maximum atomic E-state index is 12.2. The number of nitrogens with zero attached hydrogens (tertiary/aromatic N) is 5. The third-order valence-electron chi connectivity index (χ3n) is 11.8. The number of benzene rings is 1. The van der Waals surface area contributed by atoms with Crippen LogP contribution in [-0.2, 0) is 14.6 Å². The van der Waals surface area contributed by atoms with E-state index in [0.717, 1.165) is 61.6 Å². The van der Waals surface area contributed by atoms with Gasteiger partial charge < -0.3 is 19.9 Å². The Morgan fingerprint density at radius 1 is 0.980 bits per heavy atom. The Labute approximate surface area is 306 Å². The Morgan fingerprint density at radius 2 is 1.63 bits per heavy atom. The first kappa shape index (κ1) is 37.2. The van der Waals surface area contributed by atoms with Gasteiger partial charge in [-0.15, -0.1) is 22.5 Å². The molecule has 10 nitrogen and oxygen atoms in total. The number of aromatic nitrogens is 2. The van der Waals surface area contributed by atoms with E-state index in [2.05, 4.69) is 92.2 Å². The number of ether oxygens (including phenoxy) is 1. The summed E-state index contributed by atoms with van der Waals surface area (Å²) in [5.41, 5.74) is 9.27. The first-order valence-electron chi connectivity index (χ1n) is 18.6. The summed E-state index contributed by atoms with van der Waals surface area (Å²) >= 11 is 0. The average Bonchev–Trinajstić information content (AvgIpc) is 3.20. The number of hydrogen-bond donors (Lipinski definition) is 1. The van der Waals surface area contributed by atoms with Gasteiger partial charge in [0.2, 0.25) is 0 Å². The van der Waals surface area contributed by atoms with Gasteiger partial charge in [0.15, 0.2) is 15.6 Å². The maximum Gasteiger partial charge on any atom is 0.298 e. The molecule has 1 aromatic heterocycles. The molecule has 4 aliphatic rings. The standard InChI is InChI=1S/C39H54N6O4SSi/c1-9-10-35(46)45-23-33(24-45)43-14-11-30(12-15-43)32-21-31(13-20-51(26(2)3,27(4)5)28(6)7)37-34(22-32)42-38-36(29(8)49-37)39(41-25-40-38)44-16-18-50(47,48)19-17-44/h21-22,25-30,33H,11-12,14-19,23-24H2,1-8H3,(H,40,41,42)/q-1. The van der Waals surface area contributed by atoms with Crippen LogP contribution in [0, 0.1) is 23.3 Å². The zero-order valence-electron chi connectivity index (χ0n) is 31.5. The molecule has 1 N–H and O–H groups in total. The summed E-state index contributed by atoms with van der Waals surface area (Å²) in [6, 6.07) is 4.89. The fourth-order valence-corrected chi connectivity index (χ4v) is 15.3. The molecule has 1 amide bonds. The van der Waals surface area contributed by atoms with Crippen LogP contribution in [0.4, 0.5) is 17.3 Å². The van der Waals surface area contributed by atoms with Crippen molar-refractivity contribution in [2.75, 3.05) is 61.0 Å². The van der Waals surface area contributed by atoms with Crippen LogP contribution < -0.4 is 15.0 Å². The van der Waals surface area contributed by atoms with Crippen LogP contribution in [0.2, 0.25) is 16.6 Å². The number of carbonyl (C=O) groups is 1. The molecule has 3 saturated heterocycles.